The molecule has 1 aliphatic heterocycles. The van der Waals surface area contributed by atoms with E-state index in [1.807, 2.05) is 24.4 Å². The third kappa shape index (κ3) is 3.57. The van der Waals surface area contributed by atoms with Gasteiger partial charge in [0.25, 0.3) is 0 Å². The first kappa shape index (κ1) is 16.2. The van der Waals surface area contributed by atoms with Gasteiger partial charge in [0, 0.05) is 25.5 Å². The predicted octanol–water partition coefficient (Wildman–Crippen LogP) is 3.55. The highest BCUT2D eigenvalue weighted by Gasteiger charge is 2.24. The molecule has 1 N–H and O–H groups in total. The predicted molar refractivity (Wildman–Crippen MR) is 97.3 cm³/mol. The maximum atomic E-state index is 5.57. The molecule has 0 bridgehead atoms. The summed E-state index contributed by atoms with van der Waals surface area (Å²) in [4.78, 5) is 0. The van der Waals surface area contributed by atoms with E-state index >= 15 is 0 Å². The molecule has 0 aliphatic carbocycles. The van der Waals surface area contributed by atoms with E-state index in [4.69, 9.17) is 4.74 Å². The van der Waals surface area contributed by atoms with Crippen LogP contribution in [0.2, 0.25) is 0 Å². The van der Waals surface area contributed by atoms with Crippen LogP contribution in [0.3, 0.4) is 0 Å². The lowest BCUT2D eigenvalue weighted by Gasteiger charge is -2.25. The van der Waals surface area contributed by atoms with Crippen LogP contribution in [-0.4, -0.2) is 27.8 Å². The van der Waals surface area contributed by atoms with Gasteiger partial charge in [0.05, 0.1) is 6.04 Å². The number of hydrogen-bond acceptors (Lipinski definition) is 4. The molecule has 2 aromatic heterocycles. The number of aromatic nitrogens is 3. The van der Waals surface area contributed by atoms with Gasteiger partial charge >= 0.3 is 0 Å². The minimum Gasteiger partial charge on any atom is -0.381 e. The zero-order chi connectivity index (χ0) is 17.1. The number of benzene rings is 1. The first-order valence-corrected chi connectivity index (χ1v) is 8.99. The Balaban J connectivity index is 1.56. The highest BCUT2D eigenvalue weighted by Crippen LogP contribution is 2.28. The highest BCUT2D eigenvalue weighted by molar-refractivity contribution is 5.37. The molecule has 130 valence electrons. The van der Waals surface area contributed by atoms with Gasteiger partial charge in [-0.05, 0) is 43.4 Å². The standard InChI is InChI=1S/C20H24N4O/c1-15(20-23-22-19-9-5-6-11-24(19)20)21-18(13-16-10-12-25-14-16)17-7-3-2-4-8-17/h2-9,11,15-16,18,21H,10,12-14H2,1H3/t15-,16+,18-/m0/s1. The summed E-state index contributed by atoms with van der Waals surface area (Å²) in [5, 5.41) is 12.5. The minimum absolute atomic E-state index is 0.102. The Morgan fingerprint density at radius 1 is 1.16 bits per heavy atom. The summed E-state index contributed by atoms with van der Waals surface area (Å²) >= 11 is 0. The first-order chi connectivity index (χ1) is 12.3. The van der Waals surface area contributed by atoms with E-state index < -0.39 is 0 Å². The largest absolute Gasteiger partial charge is 0.381 e. The van der Waals surface area contributed by atoms with E-state index in [2.05, 4.69) is 57.2 Å². The monoisotopic (exact) mass is 336 g/mol. The molecular formula is C20H24N4O. The average molecular weight is 336 g/mol. The molecule has 5 nitrogen and oxygen atoms in total. The minimum atomic E-state index is 0.102. The number of rotatable bonds is 6. The maximum Gasteiger partial charge on any atom is 0.160 e. The van der Waals surface area contributed by atoms with E-state index in [1.165, 1.54) is 5.56 Å². The number of hydrogen-bond donors (Lipinski definition) is 1. The zero-order valence-electron chi connectivity index (χ0n) is 14.5. The Morgan fingerprint density at radius 2 is 2.00 bits per heavy atom. The summed E-state index contributed by atoms with van der Waals surface area (Å²) in [5.41, 5.74) is 2.20. The van der Waals surface area contributed by atoms with Crippen LogP contribution in [0.1, 0.15) is 43.2 Å². The molecule has 0 amide bonds. The molecule has 4 rings (SSSR count). The smallest absolute Gasteiger partial charge is 0.160 e. The molecule has 1 fully saturated rings. The molecule has 1 saturated heterocycles. The van der Waals surface area contributed by atoms with Crippen LogP contribution in [0, 0.1) is 5.92 Å². The molecule has 0 unspecified atom stereocenters. The van der Waals surface area contributed by atoms with E-state index in [9.17, 15) is 0 Å². The lowest BCUT2D eigenvalue weighted by Crippen LogP contribution is -2.28. The topological polar surface area (TPSA) is 51.5 Å². The maximum absolute atomic E-state index is 5.57. The van der Waals surface area contributed by atoms with Crippen LogP contribution >= 0.6 is 0 Å². The van der Waals surface area contributed by atoms with Gasteiger partial charge in [0.1, 0.15) is 0 Å². The van der Waals surface area contributed by atoms with E-state index in [0.29, 0.717) is 5.92 Å². The molecule has 25 heavy (non-hydrogen) atoms. The van der Waals surface area contributed by atoms with Gasteiger partial charge in [-0.1, -0.05) is 36.4 Å². The molecule has 1 aliphatic rings. The van der Waals surface area contributed by atoms with Gasteiger partial charge in [-0.15, -0.1) is 10.2 Å². The molecule has 3 atom stereocenters. The van der Waals surface area contributed by atoms with Gasteiger partial charge in [0.15, 0.2) is 11.5 Å². The van der Waals surface area contributed by atoms with E-state index in [-0.39, 0.29) is 12.1 Å². The van der Waals surface area contributed by atoms with Crippen LogP contribution in [0.4, 0.5) is 0 Å². The molecule has 0 spiro atoms. The summed E-state index contributed by atoms with van der Waals surface area (Å²) in [7, 11) is 0. The lowest BCUT2D eigenvalue weighted by molar-refractivity contribution is 0.180. The van der Waals surface area contributed by atoms with Crippen molar-refractivity contribution in [3.8, 4) is 0 Å². The second-order valence-corrected chi connectivity index (χ2v) is 6.80. The highest BCUT2D eigenvalue weighted by atomic mass is 16.5. The number of ether oxygens (including phenoxy) is 1. The quantitative estimate of drug-likeness (QED) is 0.748. The van der Waals surface area contributed by atoms with Crippen LogP contribution in [0.15, 0.2) is 54.7 Å². The number of nitrogens with one attached hydrogen (secondary N) is 1. The molecule has 1 aromatic carbocycles. The molecule has 5 heteroatoms. The van der Waals surface area contributed by atoms with Gasteiger partial charge in [0.2, 0.25) is 0 Å². The zero-order valence-corrected chi connectivity index (χ0v) is 14.5. The summed E-state index contributed by atoms with van der Waals surface area (Å²) in [6.07, 6.45) is 4.24. The summed E-state index contributed by atoms with van der Waals surface area (Å²) < 4.78 is 7.63. The summed E-state index contributed by atoms with van der Waals surface area (Å²) in [6.45, 7) is 3.91. The Labute approximate surface area is 148 Å². The Kier molecular flexibility index (Phi) is 4.76. The fourth-order valence-corrected chi connectivity index (χ4v) is 3.62. The van der Waals surface area contributed by atoms with Crippen molar-refractivity contribution in [1.82, 2.24) is 19.9 Å². The third-order valence-corrected chi connectivity index (χ3v) is 4.97. The Bertz CT molecular complexity index is 811. The van der Waals surface area contributed by atoms with Crippen LogP contribution in [0.25, 0.3) is 5.65 Å². The fraction of sp³-hybridized carbons (Fsp3) is 0.400. The normalized spacial score (nSPS) is 20.0. The van der Waals surface area contributed by atoms with Crippen molar-refractivity contribution in [2.75, 3.05) is 13.2 Å². The van der Waals surface area contributed by atoms with Crippen molar-refractivity contribution in [2.24, 2.45) is 5.92 Å². The summed E-state index contributed by atoms with van der Waals surface area (Å²) in [6, 6.07) is 17.0. The van der Waals surface area contributed by atoms with Crippen molar-refractivity contribution in [1.29, 1.82) is 0 Å². The first-order valence-electron chi connectivity index (χ1n) is 8.99. The molecule has 3 heterocycles. The molecular weight excluding hydrogens is 312 g/mol. The second kappa shape index (κ2) is 7.33. The third-order valence-electron chi connectivity index (χ3n) is 4.97. The Morgan fingerprint density at radius 3 is 2.80 bits per heavy atom. The van der Waals surface area contributed by atoms with Gasteiger partial charge in [-0.3, -0.25) is 4.40 Å². The number of fused-ring (bicyclic) bond motifs is 1. The van der Waals surface area contributed by atoms with Crippen molar-refractivity contribution in [3.63, 3.8) is 0 Å². The van der Waals surface area contributed by atoms with Crippen molar-refractivity contribution < 1.29 is 4.74 Å². The van der Waals surface area contributed by atoms with Crippen molar-refractivity contribution in [2.45, 2.75) is 31.8 Å². The van der Waals surface area contributed by atoms with Crippen LogP contribution in [-0.2, 0) is 4.74 Å². The lowest BCUT2D eigenvalue weighted by atomic mass is 9.93. The average Bonchev–Trinajstić information content (AvgIpc) is 3.31. The SMILES string of the molecule is C[C@H](N[C@@H](C[C@H]1CCOC1)c1ccccc1)c1nnc2ccccn12. The number of pyridine rings is 1. The van der Waals surface area contributed by atoms with Crippen molar-refractivity contribution in [3.05, 3.63) is 66.1 Å². The fourth-order valence-electron chi connectivity index (χ4n) is 3.62. The van der Waals surface area contributed by atoms with E-state index in [1.54, 1.807) is 0 Å². The van der Waals surface area contributed by atoms with Gasteiger partial charge in [-0.2, -0.15) is 0 Å². The van der Waals surface area contributed by atoms with E-state index in [0.717, 1.165) is 37.5 Å². The van der Waals surface area contributed by atoms with Crippen LogP contribution in [0.5, 0.6) is 0 Å². The molecule has 0 saturated carbocycles. The van der Waals surface area contributed by atoms with Gasteiger partial charge in [-0.25, -0.2) is 0 Å². The summed E-state index contributed by atoms with van der Waals surface area (Å²) in [5.74, 6) is 1.55. The number of nitrogens with zero attached hydrogens (tertiary/aromatic N) is 3. The molecule has 3 aromatic rings. The Hall–Kier alpha value is -2.24. The van der Waals surface area contributed by atoms with Gasteiger partial charge < -0.3 is 10.1 Å². The molecule has 0 radical (unpaired) electrons. The second-order valence-electron chi connectivity index (χ2n) is 6.80. The van der Waals surface area contributed by atoms with Crippen molar-refractivity contribution >= 4 is 5.65 Å². The van der Waals surface area contributed by atoms with Crippen LogP contribution < -0.4 is 5.32 Å².